The summed E-state index contributed by atoms with van der Waals surface area (Å²) in [5, 5.41) is 11.6. The molecule has 0 bridgehead atoms. The van der Waals surface area contributed by atoms with E-state index in [2.05, 4.69) is 34.4 Å². The number of nitrogens with zero attached hydrogens (tertiary/aromatic N) is 4. The summed E-state index contributed by atoms with van der Waals surface area (Å²) in [6.45, 7) is 9.12. The highest BCUT2D eigenvalue weighted by molar-refractivity contribution is 7.91. The van der Waals surface area contributed by atoms with E-state index in [9.17, 15) is 8.42 Å². The van der Waals surface area contributed by atoms with E-state index in [4.69, 9.17) is 4.74 Å². The molecule has 0 aliphatic carbocycles. The van der Waals surface area contributed by atoms with Gasteiger partial charge in [-0.05, 0) is 6.42 Å². The van der Waals surface area contributed by atoms with Gasteiger partial charge in [-0.2, -0.15) is 0 Å². The maximum Gasteiger partial charge on any atom is 0.152 e. The Hall–Kier alpha value is -1.03. The molecule has 1 N–H and O–H groups in total. The van der Waals surface area contributed by atoms with Gasteiger partial charge in [-0.3, -0.25) is 9.58 Å². The van der Waals surface area contributed by atoms with Crippen LogP contribution >= 0.6 is 0 Å². The van der Waals surface area contributed by atoms with Gasteiger partial charge in [0.1, 0.15) is 0 Å². The molecule has 0 spiro atoms. The van der Waals surface area contributed by atoms with Crippen molar-refractivity contribution < 1.29 is 13.2 Å². The summed E-state index contributed by atoms with van der Waals surface area (Å²) in [6.07, 6.45) is 2.83. The van der Waals surface area contributed by atoms with E-state index in [1.807, 2.05) is 10.9 Å². The van der Waals surface area contributed by atoms with Crippen molar-refractivity contribution in [2.75, 3.05) is 44.4 Å². The third-order valence-corrected chi connectivity index (χ3v) is 5.49. The minimum absolute atomic E-state index is 0.240. The first kappa shape index (κ1) is 19.3. The molecule has 9 heteroatoms. The summed E-state index contributed by atoms with van der Waals surface area (Å²) in [4.78, 5) is 2.11. The van der Waals surface area contributed by atoms with Crippen molar-refractivity contribution in [2.24, 2.45) is 0 Å². The first-order chi connectivity index (χ1) is 11.4. The fraction of sp³-hybridized carbons (Fsp3) is 0.867. The predicted octanol–water partition coefficient (Wildman–Crippen LogP) is -0.0868. The minimum Gasteiger partial charge on any atom is -0.380 e. The molecule has 24 heavy (non-hydrogen) atoms. The summed E-state index contributed by atoms with van der Waals surface area (Å²) in [5.74, 6) is 0.480. The fourth-order valence-corrected chi connectivity index (χ4v) is 3.79. The monoisotopic (exact) mass is 359 g/mol. The van der Waals surface area contributed by atoms with Crippen LogP contribution in [0.2, 0.25) is 0 Å². The van der Waals surface area contributed by atoms with E-state index in [1.165, 1.54) is 0 Å². The standard InChI is InChI=1S/C15H29N5O3S/c1-14(2)16-4-9-23-8-3-5-20-13-15(17-18-20)12-19-6-10-24(21,22)11-7-19/h13-14,16H,3-12H2,1-2H3. The van der Waals surface area contributed by atoms with Gasteiger partial charge in [0.25, 0.3) is 0 Å². The van der Waals surface area contributed by atoms with E-state index in [-0.39, 0.29) is 11.5 Å². The molecule has 138 valence electrons. The Morgan fingerprint density at radius 3 is 2.75 bits per heavy atom. The van der Waals surface area contributed by atoms with Crippen molar-refractivity contribution in [1.29, 1.82) is 0 Å². The molecule has 2 rings (SSSR count). The van der Waals surface area contributed by atoms with Gasteiger partial charge >= 0.3 is 0 Å². The highest BCUT2D eigenvalue weighted by Crippen LogP contribution is 2.07. The zero-order chi connectivity index (χ0) is 17.4. The second-order valence-electron chi connectivity index (χ2n) is 6.48. The molecule has 1 aliphatic heterocycles. The largest absolute Gasteiger partial charge is 0.380 e. The zero-order valence-corrected chi connectivity index (χ0v) is 15.5. The molecule has 0 atom stereocenters. The lowest BCUT2D eigenvalue weighted by Gasteiger charge is -2.25. The van der Waals surface area contributed by atoms with Crippen LogP contribution in [0.3, 0.4) is 0 Å². The number of ether oxygens (including phenoxy) is 1. The van der Waals surface area contributed by atoms with Crippen molar-refractivity contribution in [3.63, 3.8) is 0 Å². The van der Waals surface area contributed by atoms with Gasteiger partial charge in [0.15, 0.2) is 9.84 Å². The predicted molar refractivity (Wildman–Crippen MR) is 92.5 cm³/mol. The molecule has 2 heterocycles. The Morgan fingerprint density at radius 2 is 2.04 bits per heavy atom. The number of sulfone groups is 1. The third kappa shape index (κ3) is 7.25. The van der Waals surface area contributed by atoms with Gasteiger partial charge < -0.3 is 10.1 Å². The van der Waals surface area contributed by atoms with Crippen molar-refractivity contribution >= 4 is 9.84 Å². The van der Waals surface area contributed by atoms with Crippen molar-refractivity contribution in [1.82, 2.24) is 25.2 Å². The fourth-order valence-electron chi connectivity index (χ4n) is 2.51. The number of hydrogen-bond acceptors (Lipinski definition) is 7. The van der Waals surface area contributed by atoms with Crippen LogP contribution in [0.4, 0.5) is 0 Å². The number of rotatable bonds is 10. The zero-order valence-electron chi connectivity index (χ0n) is 14.6. The number of nitrogens with one attached hydrogen (secondary N) is 1. The molecule has 0 radical (unpaired) electrons. The lowest BCUT2D eigenvalue weighted by molar-refractivity contribution is 0.128. The number of aryl methyl sites for hydroxylation is 1. The number of hydrogen-bond donors (Lipinski definition) is 1. The molecule has 0 amide bonds. The highest BCUT2D eigenvalue weighted by Gasteiger charge is 2.22. The van der Waals surface area contributed by atoms with Crippen molar-refractivity contribution in [2.45, 2.75) is 39.4 Å². The van der Waals surface area contributed by atoms with Gasteiger partial charge in [-0.15, -0.1) is 5.10 Å². The second kappa shape index (κ2) is 9.45. The molecular formula is C15H29N5O3S. The molecule has 1 saturated heterocycles. The summed E-state index contributed by atoms with van der Waals surface area (Å²) in [7, 11) is -2.83. The average molecular weight is 359 g/mol. The minimum atomic E-state index is -2.83. The van der Waals surface area contributed by atoms with Crippen LogP contribution in [0.1, 0.15) is 26.0 Å². The molecule has 1 aliphatic rings. The summed E-state index contributed by atoms with van der Waals surface area (Å²) in [5.41, 5.74) is 0.886. The summed E-state index contributed by atoms with van der Waals surface area (Å²) >= 11 is 0. The van der Waals surface area contributed by atoms with Gasteiger partial charge in [0.2, 0.25) is 0 Å². The van der Waals surface area contributed by atoms with E-state index < -0.39 is 9.84 Å². The molecule has 1 aromatic rings. The van der Waals surface area contributed by atoms with E-state index in [0.717, 1.165) is 31.8 Å². The van der Waals surface area contributed by atoms with Crippen molar-refractivity contribution in [3.05, 3.63) is 11.9 Å². The lowest BCUT2D eigenvalue weighted by atomic mass is 10.4. The summed E-state index contributed by atoms with van der Waals surface area (Å²) < 4.78 is 30.2. The Balaban J connectivity index is 1.59. The molecule has 8 nitrogen and oxygen atoms in total. The first-order valence-electron chi connectivity index (χ1n) is 8.57. The summed E-state index contributed by atoms with van der Waals surface area (Å²) in [6, 6.07) is 0.488. The number of aromatic nitrogens is 3. The van der Waals surface area contributed by atoms with Crippen LogP contribution < -0.4 is 5.32 Å². The molecule has 1 fully saturated rings. The Labute approximate surface area is 144 Å². The highest BCUT2D eigenvalue weighted by atomic mass is 32.2. The lowest BCUT2D eigenvalue weighted by Crippen LogP contribution is -2.39. The van der Waals surface area contributed by atoms with Gasteiger partial charge in [-0.25, -0.2) is 8.42 Å². The van der Waals surface area contributed by atoms with Crippen LogP contribution in [0.15, 0.2) is 6.20 Å². The van der Waals surface area contributed by atoms with Gasteiger partial charge in [0, 0.05) is 51.6 Å². The normalized spacial score (nSPS) is 18.3. The molecule has 0 aromatic carbocycles. The van der Waals surface area contributed by atoms with Gasteiger partial charge in [0.05, 0.1) is 23.8 Å². The molecular weight excluding hydrogens is 330 g/mol. The SMILES string of the molecule is CC(C)NCCOCCCn1cc(CN2CCS(=O)(=O)CC2)nn1. The quantitative estimate of drug-likeness (QED) is 0.584. The topological polar surface area (TPSA) is 89.4 Å². The van der Waals surface area contributed by atoms with Crippen molar-refractivity contribution in [3.8, 4) is 0 Å². The first-order valence-corrected chi connectivity index (χ1v) is 10.4. The van der Waals surface area contributed by atoms with E-state index in [0.29, 0.717) is 32.3 Å². The smallest absolute Gasteiger partial charge is 0.152 e. The maximum atomic E-state index is 11.4. The Kier molecular flexibility index (Phi) is 7.60. The third-order valence-electron chi connectivity index (χ3n) is 3.88. The maximum absolute atomic E-state index is 11.4. The second-order valence-corrected chi connectivity index (χ2v) is 8.78. The Morgan fingerprint density at radius 1 is 1.29 bits per heavy atom. The molecule has 1 aromatic heterocycles. The van der Waals surface area contributed by atoms with E-state index >= 15 is 0 Å². The van der Waals surface area contributed by atoms with Crippen LogP contribution in [-0.4, -0.2) is 78.7 Å². The molecule has 0 unspecified atom stereocenters. The Bertz CT molecular complexity index is 574. The van der Waals surface area contributed by atoms with Crippen LogP contribution in [-0.2, 0) is 27.7 Å². The van der Waals surface area contributed by atoms with Gasteiger partial charge in [-0.1, -0.05) is 19.1 Å². The van der Waals surface area contributed by atoms with Crippen LogP contribution in [0.25, 0.3) is 0 Å². The van der Waals surface area contributed by atoms with E-state index in [1.54, 1.807) is 0 Å². The van der Waals surface area contributed by atoms with Crippen LogP contribution in [0.5, 0.6) is 0 Å². The molecule has 0 saturated carbocycles. The van der Waals surface area contributed by atoms with Crippen LogP contribution in [0, 0.1) is 0 Å². The average Bonchev–Trinajstić information content (AvgIpc) is 2.96.